The first kappa shape index (κ1) is 20.2. The standard InChI is InChI=1S/C19H23N7O3S.4H2/c1-11(2)30(27,28)14-5-3-12(4-6-14)15-9-22-17(21)16(23-15)18-24-25-19(29-18)26-8-7-13(20)10-26;;;;/h3-6,9,11,13H,7-8,10,20H2,1-2H3,(H2,21,22);4*1H. The van der Waals surface area contributed by atoms with Gasteiger partial charge in [0.25, 0.3) is 5.89 Å². The molecule has 1 aliphatic rings. The Labute approximate surface area is 180 Å². The third kappa shape index (κ3) is 3.73. The van der Waals surface area contributed by atoms with E-state index < -0.39 is 15.1 Å². The highest BCUT2D eigenvalue weighted by molar-refractivity contribution is 7.92. The number of nitrogen functional groups attached to an aromatic ring is 1. The number of anilines is 2. The smallest absolute Gasteiger partial charge is 0.318 e. The summed E-state index contributed by atoms with van der Waals surface area (Å²) in [5.74, 6) is 0.322. The van der Waals surface area contributed by atoms with Gasteiger partial charge in [0.15, 0.2) is 21.3 Å². The zero-order chi connectivity index (χ0) is 21.5. The van der Waals surface area contributed by atoms with Crippen LogP contribution in [-0.4, -0.2) is 53.0 Å². The molecule has 1 atom stereocenters. The topological polar surface area (TPSA) is 154 Å². The summed E-state index contributed by atoms with van der Waals surface area (Å²) in [5.41, 5.74) is 13.4. The minimum absolute atomic E-state index is 0. The zero-order valence-electron chi connectivity index (χ0n) is 16.7. The first-order valence-corrected chi connectivity index (χ1v) is 11.1. The van der Waals surface area contributed by atoms with Crippen molar-refractivity contribution < 1.29 is 18.5 Å². The maximum absolute atomic E-state index is 12.3. The highest BCUT2D eigenvalue weighted by atomic mass is 32.2. The Morgan fingerprint density at radius 1 is 1.23 bits per heavy atom. The van der Waals surface area contributed by atoms with Gasteiger partial charge in [-0.25, -0.2) is 18.4 Å². The number of sulfone groups is 1. The zero-order valence-corrected chi connectivity index (χ0v) is 17.5. The van der Waals surface area contributed by atoms with Crippen molar-refractivity contribution >= 4 is 21.7 Å². The van der Waals surface area contributed by atoms with Gasteiger partial charge in [0.05, 0.1) is 22.0 Å². The quantitative estimate of drug-likeness (QED) is 0.608. The van der Waals surface area contributed by atoms with E-state index in [-0.39, 0.29) is 34.0 Å². The summed E-state index contributed by atoms with van der Waals surface area (Å²) in [4.78, 5) is 10.9. The summed E-state index contributed by atoms with van der Waals surface area (Å²) in [7, 11) is -3.35. The molecule has 4 rings (SSSR count). The molecule has 0 radical (unpaired) electrons. The van der Waals surface area contributed by atoms with Crippen molar-refractivity contribution in [2.24, 2.45) is 5.73 Å². The fourth-order valence-corrected chi connectivity index (χ4v) is 4.24. The second-order valence-corrected chi connectivity index (χ2v) is 10.00. The van der Waals surface area contributed by atoms with Gasteiger partial charge in [-0.05, 0) is 32.4 Å². The molecule has 1 fully saturated rings. The Hall–Kier alpha value is -3.05. The molecule has 1 unspecified atom stereocenters. The third-order valence-electron chi connectivity index (χ3n) is 5.01. The number of benzene rings is 1. The van der Waals surface area contributed by atoms with E-state index in [9.17, 15) is 8.42 Å². The van der Waals surface area contributed by atoms with Crippen LogP contribution in [0.15, 0.2) is 39.8 Å². The van der Waals surface area contributed by atoms with Crippen LogP contribution < -0.4 is 16.4 Å². The van der Waals surface area contributed by atoms with Gasteiger partial charge >= 0.3 is 6.01 Å². The van der Waals surface area contributed by atoms with Gasteiger partial charge in [0.1, 0.15) is 0 Å². The lowest BCUT2D eigenvalue weighted by atomic mass is 10.1. The van der Waals surface area contributed by atoms with Crippen molar-refractivity contribution in [3.05, 3.63) is 30.5 Å². The van der Waals surface area contributed by atoms with E-state index in [1.165, 1.54) is 6.20 Å². The van der Waals surface area contributed by atoms with E-state index in [0.717, 1.165) is 13.0 Å². The minimum atomic E-state index is -3.35. The van der Waals surface area contributed by atoms with Gasteiger partial charge in [-0.15, -0.1) is 5.10 Å². The number of hydrogen-bond acceptors (Lipinski definition) is 10. The highest BCUT2D eigenvalue weighted by Gasteiger charge is 2.25. The molecule has 166 valence electrons. The van der Waals surface area contributed by atoms with Gasteiger partial charge in [-0.1, -0.05) is 17.2 Å². The summed E-state index contributed by atoms with van der Waals surface area (Å²) in [6.45, 7) is 4.69. The second-order valence-electron chi connectivity index (χ2n) is 7.49. The molecule has 1 aromatic carbocycles. The number of nitrogens with two attached hydrogens (primary N) is 2. The number of hydrogen-bond donors (Lipinski definition) is 2. The SMILES string of the molecule is CC(C)S(=O)(=O)c1ccc(-c2cnc(N)c(-c3nnc(N4CCC(N)C4)o3)n2)cc1.[HH].[HH].[HH].[HH]. The lowest BCUT2D eigenvalue weighted by molar-refractivity contribution is 0.554. The van der Waals surface area contributed by atoms with Crippen LogP contribution in [0.25, 0.3) is 22.8 Å². The maximum Gasteiger partial charge on any atom is 0.318 e. The van der Waals surface area contributed by atoms with Crippen LogP contribution in [0.5, 0.6) is 0 Å². The Bertz CT molecular complexity index is 1180. The lowest BCUT2D eigenvalue weighted by Gasteiger charge is -2.11. The van der Waals surface area contributed by atoms with Gasteiger partial charge in [0, 0.05) is 30.4 Å². The largest absolute Gasteiger partial charge is 0.401 e. The van der Waals surface area contributed by atoms with Crippen LogP contribution in [0.3, 0.4) is 0 Å². The maximum atomic E-state index is 12.3. The van der Waals surface area contributed by atoms with E-state index >= 15 is 0 Å². The van der Waals surface area contributed by atoms with Crippen LogP contribution in [0.2, 0.25) is 0 Å². The van der Waals surface area contributed by atoms with Crippen LogP contribution in [0, 0.1) is 0 Å². The van der Waals surface area contributed by atoms with Crippen LogP contribution in [0.4, 0.5) is 11.8 Å². The predicted molar refractivity (Wildman–Crippen MR) is 121 cm³/mol. The molecular formula is C19H31N7O3S. The molecule has 0 spiro atoms. The van der Waals surface area contributed by atoms with Crippen LogP contribution in [-0.2, 0) is 9.84 Å². The molecule has 3 heterocycles. The first-order chi connectivity index (χ1) is 14.3. The molecule has 2 aromatic heterocycles. The molecule has 0 amide bonds. The second kappa shape index (κ2) is 7.65. The van der Waals surface area contributed by atoms with Crippen molar-refractivity contribution in [2.45, 2.75) is 36.5 Å². The Balaban J connectivity index is 0.00000272. The number of aromatic nitrogens is 4. The van der Waals surface area contributed by atoms with Crippen molar-refractivity contribution in [1.29, 1.82) is 0 Å². The van der Waals surface area contributed by atoms with E-state index in [1.807, 2.05) is 4.90 Å². The molecule has 0 aliphatic carbocycles. The van der Waals surface area contributed by atoms with E-state index in [1.54, 1.807) is 38.1 Å². The first-order valence-electron chi connectivity index (χ1n) is 9.57. The Morgan fingerprint density at radius 2 is 1.97 bits per heavy atom. The van der Waals surface area contributed by atoms with E-state index in [2.05, 4.69) is 20.2 Å². The molecule has 10 nitrogen and oxygen atoms in total. The van der Waals surface area contributed by atoms with E-state index in [4.69, 9.17) is 15.9 Å². The summed E-state index contributed by atoms with van der Waals surface area (Å²) < 4.78 is 30.4. The molecule has 30 heavy (non-hydrogen) atoms. The third-order valence-corrected chi connectivity index (χ3v) is 7.18. The minimum Gasteiger partial charge on any atom is -0.401 e. The molecule has 1 saturated heterocycles. The molecule has 0 bridgehead atoms. The number of nitrogens with zero attached hydrogens (tertiary/aromatic N) is 5. The molecule has 11 heteroatoms. The molecule has 1 aliphatic heterocycles. The van der Waals surface area contributed by atoms with E-state index in [0.29, 0.717) is 23.8 Å². The van der Waals surface area contributed by atoms with Crippen molar-refractivity contribution in [2.75, 3.05) is 23.7 Å². The fraction of sp³-hybridized carbons (Fsp3) is 0.368. The van der Waals surface area contributed by atoms with Gasteiger partial charge in [0.2, 0.25) is 0 Å². The lowest BCUT2D eigenvalue weighted by Crippen LogP contribution is -2.26. The van der Waals surface area contributed by atoms with Gasteiger partial charge < -0.3 is 20.8 Å². The number of rotatable bonds is 5. The normalized spacial score (nSPS) is 17.1. The summed E-state index contributed by atoms with van der Waals surface area (Å²) in [6, 6.07) is 6.94. The molecule has 4 N–H and O–H groups in total. The Morgan fingerprint density at radius 3 is 2.60 bits per heavy atom. The monoisotopic (exact) mass is 437 g/mol. The van der Waals surface area contributed by atoms with Crippen molar-refractivity contribution in [3.63, 3.8) is 0 Å². The van der Waals surface area contributed by atoms with Crippen LogP contribution in [0.1, 0.15) is 26.0 Å². The summed E-state index contributed by atoms with van der Waals surface area (Å²) in [6.07, 6.45) is 2.37. The summed E-state index contributed by atoms with van der Waals surface area (Å²) >= 11 is 0. The Kier molecular flexibility index (Phi) is 5.16. The van der Waals surface area contributed by atoms with Crippen LogP contribution >= 0.6 is 0 Å². The predicted octanol–water partition coefficient (Wildman–Crippen LogP) is 2.48. The summed E-state index contributed by atoms with van der Waals surface area (Å²) in [5, 5.41) is 7.63. The highest BCUT2D eigenvalue weighted by Crippen LogP contribution is 2.28. The van der Waals surface area contributed by atoms with Crippen molar-refractivity contribution in [3.8, 4) is 22.8 Å². The van der Waals surface area contributed by atoms with Gasteiger partial charge in [-0.2, -0.15) is 0 Å². The average molecular weight is 438 g/mol. The fourth-order valence-electron chi connectivity index (χ4n) is 3.18. The molecule has 0 saturated carbocycles. The molecule has 3 aromatic rings. The average Bonchev–Trinajstić information content (AvgIpc) is 3.37. The molecular weight excluding hydrogens is 406 g/mol. The van der Waals surface area contributed by atoms with Crippen molar-refractivity contribution in [1.82, 2.24) is 20.2 Å². The van der Waals surface area contributed by atoms with Gasteiger partial charge in [-0.3, -0.25) is 0 Å².